The molecule has 2 N–H and O–H groups in total. The van der Waals surface area contributed by atoms with Gasteiger partial charge in [-0.1, -0.05) is 26.7 Å². The molecular formula is C14H30N2O2S. The molecular weight excluding hydrogens is 260 g/mol. The molecule has 1 aliphatic carbocycles. The highest BCUT2D eigenvalue weighted by molar-refractivity contribution is 7.89. The number of rotatable bonds is 9. The second kappa shape index (κ2) is 8.93. The first-order valence-electron chi connectivity index (χ1n) is 7.71. The fourth-order valence-electron chi connectivity index (χ4n) is 2.54. The maximum absolute atomic E-state index is 11.8. The zero-order chi connectivity index (χ0) is 14.1. The molecule has 19 heavy (non-hydrogen) atoms. The largest absolute Gasteiger partial charge is 0.317 e. The predicted octanol–water partition coefficient (Wildman–Crippen LogP) is 2.12. The Kier molecular flexibility index (Phi) is 7.95. The van der Waals surface area contributed by atoms with Crippen LogP contribution in [0.3, 0.4) is 0 Å². The molecule has 0 spiro atoms. The fourth-order valence-corrected chi connectivity index (χ4v) is 3.70. The SMILES string of the molecule is CCCNCCCS(=O)(=O)NCC1CCC(C)CC1. The third kappa shape index (κ3) is 7.90. The molecule has 0 aromatic carbocycles. The van der Waals surface area contributed by atoms with E-state index in [1.165, 1.54) is 25.7 Å². The van der Waals surface area contributed by atoms with Crippen LogP contribution in [0.2, 0.25) is 0 Å². The quantitative estimate of drug-likeness (QED) is 0.640. The molecule has 0 unspecified atom stereocenters. The lowest BCUT2D eigenvalue weighted by Gasteiger charge is -2.26. The predicted molar refractivity (Wildman–Crippen MR) is 80.7 cm³/mol. The fraction of sp³-hybridized carbons (Fsp3) is 1.00. The summed E-state index contributed by atoms with van der Waals surface area (Å²) in [5.41, 5.74) is 0. The third-order valence-corrected chi connectivity index (χ3v) is 5.35. The van der Waals surface area contributed by atoms with Gasteiger partial charge in [0.2, 0.25) is 10.0 Å². The van der Waals surface area contributed by atoms with Gasteiger partial charge in [0, 0.05) is 6.54 Å². The Bertz CT molecular complexity index is 322. The molecule has 1 aliphatic rings. The van der Waals surface area contributed by atoms with E-state index in [-0.39, 0.29) is 5.75 Å². The van der Waals surface area contributed by atoms with Crippen molar-refractivity contribution in [1.29, 1.82) is 0 Å². The first-order chi connectivity index (χ1) is 9.03. The molecule has 4 nitrogen and oxygen atoms in total. The van der Waals surface area contributed by atoms with Gasteiger partial charge in [0.25, 0.3) is 0 Å². The van der Waals surface area contributed by atoms with Gasteiger partial charge in [-0.2, -0.15) is 0 Å². The van der Waals surface area contributed by atoms with Crippen molar-refractivity contribution in [2.24, 2.45) is 11.8 Å². The highest BCUT2D eigenvalue weighted by Gasteiger charge is 2.20. The van der Waals surface area contributed by atoms with Crippen molar-refractivity contribution in [3.63, 3.8) is 0 Å². The van der Waals surface area contributed by atoms with E-state index in [1.54, 1.807) is 0 Å². The van der Waals surface area contributed by atoms with Crippen LogP contribution < -0.4 is 10.0 Å². The van der Waals surface area contributed by atoms with Crippen molar-refractivity contribution >= 4 is 10.0 Å². The first kappa shape index (κ1) is 16.9. The van der Waals surface area contributed by atoms with Gasteiger partial charge in [-0.05, 0) is 50.6 Å². The summed E-state index contributed by atoms with van der Waals surface area (Å²) in [5.74, 6) is 1.61. The number of hydrogen-bond donors (Lipinski definition) is 2. The van der Waals surface area contributed by atoms with E-state index in [4.69, 9.17) is 0 Å². The third-order valence-electron chi connectivity index (χ3n) is 3.92. The average molecular weight is 290 g/mol. The van der Waals surface area contributed by atoms with E-state index in [9.17, 15) is 8.42 Å². The number of nitrogens with one attached hydrogen (secondary N) is 2. The smallest absolute Gasteiger partial charge is 0.211 e. The molecule has 0 aromatic rings. The zero-order valence-electron chi connectivity index (χ0n) is 12.5. The number of hydrogen-bond acceptors (Lipinski definition) is 3. The molecule has 0 heterocycles. The molecule has 1 fully saturated rings. The Balaban J connectivity index is 2.12. The van der Waals surface area contributed by atoms with Gasteiger partial charge < -0.3 is 5.32 Å². The van der Waals surface area contributed by atoms with Crippen molar-refractivity contribution < 1.29 is 8.42 Å². The Hall–Kier alpha value is -0.130. The Morgan fingerprint density at radius 2 is 1.79 bits per heavy atom. The summed E-state index contributed by atoms with van der Waals surface area (Å²) >= 11 is 0. The van der Waals surface area contributed by atoms with Gasteiger partial charge >= 0.3 is 0 Å². The highest BCUT2D eigenvalue weighted by Crippen LogP contribution is 2.27. The van der Waals surface area contributed by atoms with Crippen LogP contribution in [-0.4, -0.2) is 33.8 Å². The van der Waals surface area contributed by atoms with Crippen LogP contribution in [0.5, 0.6) is 0 Å². The summed E-state index contributed by atoms with van der Waals surface area (Å²) < 4.78 is 26.4. The van der Waals surface area contributed by atoms with E-state index >= 15 is 0 Å². The van der Waals surface area contributed by atoms with E-state index in [0.717, 1.165) is 25.4 Å². The van der Waals surface area contributed by atoms with Gasteiger partial charge in [-0.3, -0.25) is 0 Å². The topological polar surface area (TPSA) is 58.2 Å². The average Bonchev–Trinajstić information content (AvgIpc) is 2.38. The summed E-state index contributed by atoms with van der Waals surface area (Å²) in [6.07, 6.45) is 6.60. The van der Waals surface area contributed by atoms with Gasteiger partial charge in [-0.25, -0.2) is 13.1 Å². The Morgan fingerprint density at radius 3 is 2.42 bits per heavy atom. The molecule has 0 amide bonds. The molecule has 114 valence electrons. The molecule has 0 aromatic heterocycles. The van der Waals surface area contributed by atoms with Crippen molar-refractivity contribution in [1.82, 2.24) is 10.0 Å². The minimum absolute atomic E-state index is 0.243. The highest BCUT2D eigenvalue weighted by atomic mass is 32.2. The monoisotopic (exact) mass is 290 g/mol. The van der Waals surface area contributed by atoms with Crippen molar-refractivity contribution in [3.05, 3.63) is 0 Å². The van der Waals surface area contributed by atoms with Crippen LogP contribution in [-0.2, 0) is 10.0 Å². The Morgan fingerprint density at radius 1 is 1.11 bits per heavy atom. The maximum Gasteiger partial charge on any atom is 0.211 e. The lowest BCUT2D eigenvalue weighted by Crippen LogP contribution is -2.33. The van der Waals surface area contributed by atoms with Crippen molar-refractivity contribution in [3.8, 4) is 0 Å². The molecule has 0 aliphatic heterocycles. The van der Waals surface area contributed by atoms with Crippen LogP contribution in [0, 0.1) is 11.8 Å². The summed E-state index contributed by atoms with van der Waals surface area (Å²) in [7, 11) is -3.07. The minimum Gasteiger partial charge on any atom is -0.317 e. The van der Waals surface area contributed by atoms with Crippen LogP contribution in [0.25, 0.3) is 0 Å². The van der Waals surface area contributed by atoms with Crippen LogP contribution in [0.1, 0.15) is 52.4 Å². The van der Waals surface area contributed by atoms with Gasteiger partial charge in [0.05, 0.1) is 5.75 Å². The van der Waals surface area contributed by atoms with E-state index in [1.807, 2.05) is 0 Å². The molecule has 1 saturated carbocycles. The van der Waals surface area contributed by atoms with E-state index < -0.39 is 10.0 Å². The van der Waals surface area contributed by atoms with Gasteiger partial charge in [0.1, 0.15) is 0 Å². The second-order valence-electron chi connectivity index (χ2n) is 5.90. The molecule has 0 atom stereocenters. The summed E-state index contributed by atoms with van der Waals surface area (Å²) in [5, 5.41) is 3.23. The standard InChI is InChI=1S/C14H30N2O2S/c1-3-9-15-10-4-11-19(17,18)16-12-14-7-5-13(2)6-8-14/h13-16H,3-12H2,1-2H3. The summed E-state index contributed by atoms with van der Waals surface area (Å²) in [6.45, 7) is 6.78. The summed E-state index contributed by atoms with van der Waals surface area (Å²) in [6, 6.07) is 0. The molecule has 0 radical (unpaired) electrons. The zero-order valence-corrected chi connectivity index (χ0v) is 13.3. The molecule has 5 heteroatoms. The van der Waals surface area contributed by atoms with Crippen molar-refractivity contribution in [2.75, 3.05) is 25.4 Å². The van der Waals surface area contributed by atoms with Gasteiger partial charge in [0.15, 0.2) is 0 Å². The minimum atomic E-state index is -3.07. The molecule has 1 rings (SSSR count). The van der Waals surface area contributed by atoms with E-state index in [2.05, 4.69) is 23.9 Å². The van der Waals surface area contributed by atoms with Crippen LogP contribution in [0.15, 0.2) is 0 Å². The summed E-state index contributed by atoms with van der Waals surface area (Å²) in [4.78, 5) is 0. The van der Waals surface area contributed by atoms with Crippen LogP contribution in [0.4, 0.5) is 0 Å². The maximum atomic E-state index is 11.8. The number of sulfonamides is 1. The van der Waals surface area contributed by atoms with E-state index in [0.29, 0.717) is 18.9 Å². The second-order valence-corrected chi connectivity index (χ2v) is 7.82. The van der Waals surface area contributed by atoms with Crippen molar-refractivity contribution in [2.45, 2.75) is 52.4 Å². The lowest BCUT2D eigenvalue weighted by molar-refractivity contribution is 0.290. The molecule has 0 bridgehead atoms. The first-order valence-corrected chi connectivity index (χ1v) is 9.36. The normalized spacial score (nSPS) is 24.5. The Labute approximate surface area is 118 Å². The van der Waals surface area contributed by atoms with Crippen LogP contribution >= 0.6 is 0 Å². The molecule has 0 saturated heterocycles. The lowest BCUT2D eigenvalue weighted by atomic mass is 9.83. The van der Waals surface area contributed by atoms with Gasteiger partial charge in [-0.15, -0.1) is 0 Å².